The summed E-state index contributed by atoms with van der Waals surface area (Å²) in [4.78, 5) is 254. The number of allylic oxidation sites excluding steroid dienone is 3. The highest BCUT2D eigenvalue weighted by atomic mass is 35.5. The van der Waals surface area contributed by atoms with Crippen molar-refractivity contribution in [1.29, 1.82) is 0 Å². The minimum atomic E-state index is -5.01. The van der Waals surface area contributed by atoms with Gasteiger partial charge in [0.15, 0.2) is 17.3 Å². The molecule has 3 fully saturated rings. The van der Waals surface area contributed by atoms with Gasteiger partial charge in [-0.05, 0) is 185 Å². The molecule has 0 aromatic heterocycles. The molecule has 10 rings (SSSR count). The van der Waals surface area contributed by atoms with Crippen LogP contribution in [0.3, 0.4) is 0 Å². The number of carbonyl (C=O) groups is 18. The molecule has 3 heterocycles. The number of aliphatic hydroxyl groups is 1. The number of phosphoric ester groups is 1. The van der Waals surface area contributed by atoms with Crippen LogP contribution < -0.4 is 59.7 Å². The van der Waals surface area contributed by atoms with E-state index in [-0.39, 0.29) is 126 Å². The third kappa shape index (κ3) is 35.9. The third-order valence-electron chi connectivity index (χ3n) is 25.8. The minimum absolute atomic E-state index is 0.0386. The number of fused-ring (bicyclic) bond motifs is 3. The first-order valence-electron chi connectivity index (χ1n) is 47.8. The molecule has 6 aliphatic rings. The molecule has 1 unspecified atom stereocenters. The van der Waals surface area contributed by atoms with Crippen molar-refractivity contribution >= 4 is 165 Å². The molecule has 42 heteroatoms. The number of amides is 14. The van der Waals surface area contributed by atoms with Crippen LogP contribution in [0.15, 0.2) is 115 Å². The summed E-state index contributed by atoms with van der Waals surface area (Å²) in [6.45, 7) is 6.41. The fourth-order valence-electron chi connectivity index (χ4n) is 18.2. The summed E-state index contributed by atoms with van der Waals surface area (Å²) in [6.07, 6.45) is 12.7. The highest BCUT2D eigenvalue weighted by Gasteiger charge is 2.44. The zero-order chi connectivity index (χ0) is 104. The standard InChI is InChI=1S/C37H45ClN4O7.C32H44ClN5O7.C31H43ClN5O10P/c1-23-10-12-24(13-11-23)19-27(35(39)46)21-32(43)30(20-26-15-14-25-7-3-4-8-28(25)26)41-36(47)31-9-5-6-18-42(31)37(48)29(40-33(44)22-38)16-17-34(45)49-2;1-19(39)29(37-28(42)18-33)32(45)38-15-6-5-11-26(38)31(44)36-25(16-22-13-12-21-8-3-4-10-24(21)22)27(41)17-23(30(34)43)9-7-14-35-20(2)40;1-19(38)34-13-6-8-22(29(33)41)16-27(39)24(15-21-12-11-20-7-2-3-9-23(20)21)36-30(42)26-10-4-5-14-37(26)31(43)25(35-28(40)17-32)18-47-48(44,45)46/h3-4,7-8,10-13,15,27,29-31H,5-6,9,14,16-22H2,1-2H3,(H2,39,46)(H,40,44)(H,41,47);3-4,8,10,13,19,23,25-26,29,39H,5-7,9,11-12,14-18H2,1-2H3,(H2,34,43)(H,35,40)(H,36,44)(H,37,42);2-3,7,9,12,22,24-26H,4-6,8,10-11,13-18H2,1H3,(H2,33,41)(H,34,38)(H,35,40)(H,36,42)(H2,44,45,46)/t27-,29+,30+,31+;19?,23-,25+,26+,29+;22-,24+,25+,26+/m111/s1. The second-order valence-electron chi connectivity index (χ2n) is 36.3. The Morgan fingerprint density at radius 1 is 0.451 bits per heavy atom. The fourth-order valence-corrected chi connectivity index (χ4v) is 18.8. The Morgan fingerprint density at radius 2 is 0.803 bits per heavy atom. The van der Waals surface area contributed by atoms with Gasteiger partial charge in [-0.25, -0.2) is 4.57 Å². The number of esters is 1. The molecule has 772 valence electrons. The predicted molar refractivity (Wildman–Crippen MR) is 529 cm³/mol. The number of rotatable bonds is 50. The number of nitrogens with zero attached hydrogens (tertiary/aromatic N) is 3. The van der Waals surface area contributed by atoms with E-state index in [1.54, 1.807) is 0 Å². The molecule has 142 heavy (non-hydrogen) atoms. The summed E-state index contributed by atoms with van der Waals surface area (Å²) in [5.74, 6) is -13.5. The number of hydrogen-bond donors (Lipinski definition) is 14. The van der Waals surface area contributed by atoms with Gasteiger partial charge in [0.2, 0.25) is 82.7 Å². The Balaban J connectivity index is 0.000000261. The second-order valence-corrected chi connectivity index (χ2v) is 38.3. The smallest absolute Gasteiger partial charge is 0.469 e. The number of halogens is 3. The molecule has 17 N–H and O–H groups in total. The molecule has 0 radical (unpaired) electrons. The van der Waals surface area contributed by atoms with E-state index >= 15 is 0 Å². The lowest BCUT2D eigenvalue weighted by molar-refractivity contribution is -0.147. The SMILES string of the molecule is CC(=O)NCCC[C@H](CC(=O)[C@H](CC1=CCc2ccccc21)NC(=O)[C@@H]1CCCCN1C(=O)[C@@H](NC(=O)CCl)C(C)O)C(N)=O.CC(=O)NCCC[C@H](CC(=O)[C@H](CC1=CCc2ccccc21)NC(=O)[C@@H]1CCCCN1C(=O)[C@H](COP(=O)(O)O)NC(=O)CCl)C(N)=O.COC(=O)CC[C@H](NC(=O)CCl)C(=O)N1CCCC[C@H]1C(=O)N[C@@H](CC1=CCc2ccccc21)C(=O)C[C@@H](Cc1ccc(C)cc1)C(N)=O. The fraction of sp³-hybridized carbons (Fsp3) is 0.520. The van der Waals surface area contributed by atoms with Crippen molar-refractivity contribution < 1.29 is 115 Å². The summed E-state index contributed by atoms with van der Waals surface area (Å²) in [7, 11) is -3.78. The highest BCUT2D eigenvalue weighted by molar-refractivity contribution is 7.46. The molecule has 0 bridgehead atoms. The number of benzene rings is 4. The van der Waals surface area contributed by atoms with Gasteiger partial charge in [-0.3, -0.25) is 90.8 Å². The lowest BCUT2D eigenvalue weighted by Gasteiger charge is -2.38. The molecule has 3 aliphatic heterocycles. The van der Waals surface area contributed by atoms with E-state index in [4.69, 9.17) is 56.7 Å². The molecule has 14 amide bonds. The summed E-state index contributed by atoms with van der Waals surface area (Å²) >= 11 is 16.9. The van der Waals surface area contributed by atoms with Crippen molar-refractivity contribution in [2.24, 2.45) is 35.0 Å². The predicted octanol–water partition coefficient (Wildman–Crippen LogP) is 4.83. The van der Waals surface area contributed by atoms with Crippen molar-refractivity contribution in [2.45, 2.75) is 249 Å². The molecular formula is C100H132Cl3N14O24P. The molecule has 3 aliphatic carbocycles. The van der Waals surface area contributed by atoms with Crippen LogP contribution in [-0.2, 0) is 126 Å². The number of alkyl halides is 3. The van der Waals surface area contributed by atoms with E-state index in [1.165, 1.54) is 42.6 Å². The number of aliphatic hydroxyl groups excluding tert-OH is 1. The summed E-state index contributed by atoms with van der Waals surface area (Å²) in [5.41, 5.74) is 27.8. The van der Waals surface area contributed by atoms with Gasteiger partial charge in [0.1, 0.15) is 53.9 Å². The van der Waals surface area contributed by atoms with Crippen molar-refractivity contribution in [3.05, 3.63) is 160 Å². The van der Waals surface area contributed by atoms with E-state index < -0.39 is 187 Å². The van der Waals surface area contributed by atoms with Gasteiger partial charge in [0.25, 0.3) is 0 Å². The first-order valence-corrected chi connectivity index (χ1v) is 50.9. The number of phosphoric acid groups is 1. The van der Waals surface area contributed by atoms with Crippen LogP contribution in [0.4, 0.5) is 0 Å². The van der Waals surface area contributed by atoms with Gasteiger partial charge < -0.3 is 94.1 Å². The number of methoxy groups -OCH3 is 1. The van der Waals surface area contributed by atoms with Gasteiger partial charge >= 0.3 is 13.8 Å². The zero-order valence-corrected chi connectivity index (χ0v) is 83.7. The minimum Gasteiger partial charge on any atom is -0.469 e. The number of ether oxygens (including phenoxy) is 1. The van der Waals surface area contributed by atoms with E-state index in [1.807, 2.05) is 122 Å². The number of piperidine rings is 3. The van der Waals surface area contributed by atoms with Crippen molar-refractivity contribution in [3.63, 3.8) is 0 Å². The Hall–Kier alpha value is -11.9. The summed E-state index contributed by atoms with van der Waals surface area (Å²) in [5, 5.41) is 31.4. The molecule has 0 saturated carbocycles. The normalized spacial score (nSPS) is 17.8. The van der Waals surface area contributed by atoms with Gasteiger partial charge in [0, 0.05) is 109 Å². The van der Waals surface area contributed by atoms with Crippen LogP contribution >= 0.6 is 42.6 Å². The van der Waals surface area contributed by atoms with E-state index in [9.17, 15) is 106 Å². The lowest BCUT2D eigenvalue weighted by atomic mass is 9.88. The Morgan fingerprint density at radius 3 is 1.15 bits per heavy atom. The quantitative estimate of drug-likeness (QED) is 0.0122. The maximum atomic E-state index is 14.1. The first kappa shape index (κ1) is 115. The number of nitrogens with one attached hydrogen (secondary N) is 8. The number of ketones is 3. The van der Waals surface area contributed by atoms with Crippen LogP contribution in [0.2, 0.25) is 0 Å². The van der Waals surface area contributed by atoms with Crippen LogP contribution in [0.1, 0.15) is 200 Å². The number of carbonyl (C=O) groups excluding carboxylic acids is 18. The molecule has 4 aromatic rings. The van der Waals surface area contributed by atoms with Crippen molar-refractivity contribution in [1.82, 2.24) is 57.2 Å². The average Bonchev–Trinajstić information content (AvgIpc) is 1.43. The Labute approximate surface area is 840 Å². The van der Waals surface area contributed by atoms with Gasteiger partial charge in [0.05, 0.1) is 37.9 Å². The number of primary amides is 3. The van der Waals surface area contributed by atoms with Crippen LogP contribution in [0.5, 0.6) is 0 Å². The highest BCUT2D eigenvalue weighted by Crippen LogP contribution is 2.38. The van der Waals surface area contributed by atoms with Crippen LogP contribution in [0.25, 0.3) is 16.7 Å². The lowest BCUT2D eigenvalue weighted by Crippen LogP contribution is -2.61. The zero-order valence-electron chi connectivity index (χ0n) is 80.6. The van der Waals surface area contributed by atoms with Gasteiger partial charge in [-0.1, -0.05) is 121 Å². The topological polar surface area (TPSA) is 588 Å². The third-order valence-corrected chi connectivity index (χ3v) is 27.0. The first-order chi connectivity index (χ1) is 67.6. The monoisotopic (exact) mass is 2050 g/mol. The van der Waals surface area contributed by atoms with E-state index in [2.05, 4.69) is 47.1 Å². The summed E-state index contributed by atoms with van der Waals surface area (Å²) in [6, 6.07) is 21.0. The van der Waals surface area contributed by atoms with Crippen molar-refractivity contribution in [2.75, 3.05) is 64.1 Å². The van der Waals surface area contributed by atoms with Gasteiger partial charge in [-0.2, -0.15) is 0 Å². The molecule has 3 saturated heterocycles. The molecular weight excluding hydrogens is 1920 g/mol. The number of hydrogen-bond acceptors (Lipinski definition) is 22. The van der Waals surface area contributed by atoms with Crippen LogP contribution in [-0.4, -0.2) is 260 Å². The Bertz CT molecular complexity index is 5340. The summed E-state index contributed by atoms with van der Waals surface area (Å²) < 4.78 is 20.6. The van der Waals surface area contributed by atoms with Crippen LogP contribution in [0, 0.1) is 24.7 Å². The number of aryl methyl sites for hydroxylation is 1. The van der Waals surface area contributed by atoms with Gasteiger partial charge in [-0.15, -0.1) is 34.8 Å². The number of Topliss-reactive ketones (excluding diaryl/α,β-unsaturated/α-hetero) is 3. The molecule has 38 nitrogen and oxygen atoms in total. The van der Waals surface area contributed by atoms with Crippen molar-refractivity contribution in [3.8, 4) is 0 Å². The Kier molecular flexibility index (Phi) is 46.6. The number of nitrogens with two attached hydrogens (primary N) is 3. The maximum Gasteiger partial charge on any atom is 0.469 e. The molecule has 0 spiro atoms. The second kappa shape index (κ2) is 57.4. The molecule has 4 aromatic carbocycles. The van der Waals surface area contributed by atoms with E-state index in [0.29, 0.717) is 96.6 Å². The maximum absolute atomic E-state index is 14.1. The largest absolute Gasteiger partial charge is 0.469 e. The number of likely N-dealkylation sites (tertiary alicyclic amines) is 3. The van der Waals surface area contributed by atoms with E-state index in [0.717, 1.165) is 61.2 Å². The average molecular weight is 2050 g/mol. The molecule has 13 atom stereocenters.